The zero-order chi connectivity index (χ0) is 15.1. The molecule has 2 heterocycles. The lowest BCUT2D eigenvalue weighted by atomic mass is 10.2. The summed E-state index contributed by atoms with van der Waals surface area (Å²) in [6, 6.07) is 5.44. The third-order valence-corrected chi connectivity index (χ3v) is 2.89. The second kappa shape index (κ2) is 7.49. The number of amides is 1. The van der Waals surface area contributed by atoms with Crippen molar-refractivity contribution >= 4 is 5.91 Å². The maximum atomic E-state index is 11.6. The van der Waals surface area contributed by atoms with Gasteiger partial charge in [0.25, 0.3) is 0 Å². The molecule has 0 fully saturated rings. The van der Waals surface area contributed by atoms with Gasteiger partial charge in [-0.15, -0.1) is 0 Å². The van der Waals surface area contributed by atoms with Crippen molar-refractivity contribution in [3.63, 3.8) is 0 Å². The molecule has 2 aromatic rings. The van der Waals surface area contributed by atoms with Crippen molar-refractivity contribution in [2.45, 2.75) is 19.8 Å². The molecular weight excluding hydrogens is 272 g/mol. The molecule has 0 aromatic carbocycles. The van der Waals surface area contributed by atoms with Crippen LogP contribution in [0.3, 0.4) is 0 Å². The van der Waals surface area contributed by atoms with Crippen LogP contribution in [-0.4, -0.2) is 39.3 Å². The number of aliphatic hydroxyl groups is 1. The number of pyridine rings is 1. The quantitative estimate of drug-likeness (QED) is 0.782. The fourth-order valence-corrected chi connectivity index (χ4v) is 1.62. The van der Waals surface area contributed by atoms with Crippen molar-refractivity contribution in [2.24, 2.45) is 5.92 Å². The second-order valence-corrected chi connectivity index (χ2v) is 4.82. The summed E-state index contributed by atoms with van der Waals surface area (Å²) in [5.41, 5.74) is 0.633. The first-order chi connectivity index (χ1) is 10.2. The minimum Gasteiger partial charge on any atom is -0.396 e. The van der Waals surface area contributed by atoms with Crippen LogP contribution in [0.1, 0.15) is 19.2 Å². The highest BCUT2D eigenvalue weighted by Gasteiger charge is 2.11. The molecule has 7 heteroatoms. The highest BCUT2D eigenvalue weighted by molar-refractivity contribution is 5.76. The third kappa shape index (κ3) is 4.64. The van der Waals surface area contributed by atoms with Gasteiger partial charge in [-0.2, -0.15) is 4.98 Å². The number of carbonyl (C=O) groups is 1. The third-order valence-electron chi connectivity index (χ3n) is 2.89. The summed E-state index contributed by atoms with van der Waals surface area (Å²) in [6.45, 7) is 2.37. The Labute approximate surface area is 122 Å². The van der Waals surface area contributed by atoms with Gasteiger partial charge in [0.2, 0.25) is 17.6 Å². The summed E-state index contributed by atoms with van der Waals surface area (Å²) in [5.74, 6) is 0.766. The van der Waals surface area contributed by atoms with Gasteiger partial charge in [-0.3, -0.25) is 9.78 Å². The molecule has 0 aliphatic carbocycles. The van der Waals surface area contributed by atoms with Crippen molar-refractivity contribution in [3.05, 3.63) is 30.3 Å². The summed E-state index contributed by atoms with van der Waals surface area (Å²) in [4.78, 5) is 20.0. The summed E-state index contributed by atoms with van der Waals surface area (Å²) < 4.78 is 5.10. The average Bonchev–Trinajstić information content (AvgIpc) is 3.00. The number of nitrogens with one attached hydrogen (secondary N) is 1. The van der Waals surface area contributed by atoms with E-state index in [1.807, 2.05) is 19.1 Å². The van der Waals surface area contributed by atoms with Crippen LogP contribution in [0.4, 0.5) is 0 Å². The van der Waals surface area contributed by atoms with Gasteiger partial charge in [0.15, 0.2) is 0 Å². The number of carbonyl (C=O) groups excluding carboxylic acids is 1. The number of rotatable bonds is 7. The Morgan fingerprint density at radius 1 is 1.48 bits per heavy atom. The summed E-state index contributed by atoms with van der Waals surface area (Å²) >= 11 is 0. The van der Waals surface area contributed by atoms with E-state index < -0.39 is 0 Å². The van der Waals surface area contributed by atoms with Gasteiger partial charge >= 0.3 is 0 Å². The fraction of sp³-hybridized carbons (Fsp3) is 0.429. The van der Waals surface area contributed by atoms with Gasteiger partial charge in [-0.05, 0) is 18.1 Å². The van der Waals surface area contributed by atoms with E-state index in [0.717, 1.165) is 0 Å². The first-order valence-electron chi connectivity index (χ1n) is 6.80. The van der Waals surface area contributed by atoms with Crippen molar-refractivity contribution in [1.82, 2.24) is 20.4 Å². The van der Waals surface area contributed by atoms with E-state index in [1.165, 1.54) is 0 Å². The predicted molar refractivity (Wildman–Crippen MR) is 75.1 cm³/mol. The first-order valence-corrected chi connectivity index (χ1v) is 6.80. The van der Waals surface area contributed by atoms with Crippen molar-refractivity contribution < 1.29 is 14.4 Å². The Balaban J connectivity index is 1.82. The number of hydrogen-bond acceptors (Lipinski definition) is 6. The molecular formula is C14H18N4O3. The van der Waals surface area contributed by atoms with Crippen LogP contribution in [0.5, 0.6) is 0 Å². The van der Waals surface area contributed by atoms with E-state index in [9.17, 15) is 4.79 Å². The molecule has 0 saturated heterocycles. The number of aliphatic hydroxyl groups excluding tert-OH is 1. The Bertz CT molecular complexity index is 571. The van der Waals surface area contributed by atoms with Crippen LogP contribution >= 0.6 is 0 Å². The van der Waals surface area contributed by atoms with E-state index in [-0.39, 0.29) is 24.9 Å². The maximum Gasteiger partial charge on any atom is 0.227 e. The fourth-order valence-electron chi connectivity index (χ4n) is 1.62. The highest BCUT2D eigenvalue weighted by atomic mass is 16.5. The van der Waals surface area contributed by atoms with Gasteiger partial charge in [-0.1, -0.05) is 18.1 Å². The molecule has 7 nitrogen and oxygen atoms in total. The Hall–Kier alpha value is -2.28. The largest absolute Gasteiger partial charge is 0.396 e. The van der Waals surface area contributed by atoms with Crippen LogP contribution in [0.2, 0.25) is 0 Å². The average molecular weight is 290 g/mol. The lowest BCUT2D eigenvalue weighted by Crippen LogP contribution is -2.29. The van der Waals surface area contributed by atoms with Crippen molar-refractivity contribution in [3.8, 4) is 11.5 Å². The van der Waals surface area contributed by atoms with E-state index in [0.29, 0.717) is 30.4 Å². The summed E-state index contributed by atoms with van der Waals surface area (Å²) in [7, 11) is 0. The first kappa shape index (κ1) is 15.1. The van der Waals surface area contributed by atoms with E-state index in [2.05, 4.69) is 20.4 Å². The van der Waals surface area contributed by atoms with Gasteiger partial charge in [0.05, 0.1) is 0 Å². The second-order valence-electron chi connectivity index (χ2n) is 4.82. The highest BCUT2D eigenvalue weighted by Crippen LogP contribution is 2.12. The van der Waals surface area contributed by atoms with Crippen LogP contribution in [0.25, 0.3) is 11.5 Å². The van der Waals surface area contributed by atoms with Crippen LogP contribution in [0.15, 0.2) is 28.9 Å². The lowest BCUT2D eigenvalue weighted by molar-refractivity contribution is -0.121. The van der Waals surface area contributed by atoms with Crippen molar-refractivity contribution in [1.29, 1.82) is 0 Å². The maximum absolute atomic E-state index is 11.6. The van der Waals surface area contributed by atoms with Gasteiger partial charge in [-0.25, -0.2) is 0 Å². The zero-order valence-electron chi connectivity index (χ0n) is 11.8. The Morgan fingerprint density at radius 3 is 3.05 bits per heavy atom. The number of hydrogen-bond donors (Lipinski definition) is 2. The van der Waals surface area contributed by atoms with Crippen LogP contribution < -0.4 is 5.32 Å². The SMILES string of the molecule is CC(CO)CNC(=O)CCc1nc(-c2ccccn2)no1. The number of nitrogens with zero attached hydrogens (tertiary/aromatic N) is 3. The molecule has 0 radical (unpaired) electrons. The minimum atomic E-state index is -0.104. The van der Waals surface area contributed by atoms with Crippen LogP contribution in [0, 0.1) is 5.92 Å². The molecule has 2 aromatic heterocycles. The molecule has 2 rings (SSSR count). The molecule has 1 amide bonds. The molecule has 0 aliphatic heterocycles. The molecule has 0 spiro atoms. The van der Waals surface area contributed by atoms with Gasteiger partial charge in [0.1, 0.15) is 5.69 Å². The molecule has 0 bridgehead atoms. The number of aromatic nitrogens is 3. The lowest BCUT2D eigenvalue weighted by Gasteiger charge is -2.08. The molecule has 0 aliphatic rings. The monoisotopic (exact) mass is 290 g/mol. The van der Waals surface area contributed by atoms with E-state index in [4.69, 9.17) is 9.63 Å². The Morgan fingerprint density at radius 2 is 2.33 bits per heavy atom. The zero-order valence-corrected chi connectivity index (χ0v) is 11.8. The van der Waals surface area contributed by atoms with Crippen LogP contribution in [-0.2, 0) is 11.2 Å². The molecule has 21 heavy (non-hydrogen) atoms. The minimum absolute atomic E-state index is 0.0492. The predicted octanol–water partition coefficient (Wildman–Crippen LogP) is 0.809. The topological polar surface area (TPSA) is 101 Å². The van der Waals surface area contributed by atoms with Gasteiger partial charge < -0.3 is 14.9 Å². The van der Waals surface area contributed by atoms with Crippen molar-refractivity contribution in [2.75, 3.05) is 13.2 Å². The molecule has 1 unspecified atom stereocenters. The normalized spacial score (nSPS) is 12.1. The molecule has 2 N–H and O–H groups in total. The summed E-state index contributed by atoms with van der Waals surface area (Å²) in [6.07, 6.45) is 2.29. The number of aryl methyl sites for hydroxylation is 1. The summed E-state index contributed by atoms with van der Waals surface area (Å²) in [5, 5.41) is 15.5. The van der Waals surface area contributed by atoms with E-state index in [1.54, 1.807) is 12.3 Å². The van der Waals surface area contributed by atoms with E-state index >= 15 is 0 Å². The Kier molecular flexibility index (Phi) is 5.39. The molecule has 1 atom stereocenters. The molecule has 0 saturated carbocycles. The van der Waals surface area contributed by atoms with Gasteiger partial charge in [0, 0.05) is 32.2 Å². The smallest absolute Gasteiger partial charge is 0.227 e. The molecule has 112 valence electrons. The standard InChI is InChI=1S/C14H18N4O3/c1-10(9-19)8-16-12(20)5-6-13-17-14(18-21-13)11-4-2-3-7-15-11/h2-4,7,10,19H,5-6,8-9H2,1H3,(H,16,20).